The maximum absolute atomic E-state index is 11.6. The van der Waals surface area contributed by atoms with Crippen LogP contribution in [0.3, 0.4) is 0 Å². The number of nitrogens with one attached hydrogen (secondary N) is 3. The lowest BCUT2D eigenvalue weighted by molar-refractivity contribution is -0.120. The van der Waals surface area contributed by atoms with Crippen molar-refractivity contribution in [3.05, 3.63) is 29.8 Å². The van der Waals surface area contributed by atoms with Gasteiger partial charge in [0.05, 0.1) is 6.54 Å². The van der Waals surface area contributed by atoms with Gasteiger partial charge in [0.2, 0.25) is 11.8 Å². The van der Waals surface area contributed by atoms with E-state index in [1.165, 1.54) is 0 Å². The Morgan fingerprint density at radius 1 is 1.44 bits per heavy atom. The van der Waals surface area contributed by atoms with Gasteiger partial charge in [-0.1, -0.05) is 18.2 Å². The minimum atomic E-state index is -0.437. The number of carbonyl (C=O) groups is 2. The summed E-state index contributed by atoms with van der Waals surface area (Å²) in [6.07, 6.45) is 0. The van der Waals surface area contributed by atoms with E-state index in [-0.39, 0.29) is 18.4 Å². The number of hydrogen-bond acceptors (Lipinski definition) is 3. The van der Waals surface area contributed by atoms with Crippen LogP contribution in [0.15, 0.2) is 24.3 Å². The largest absolute Gasteiger partial charge is 0.358 e. The van der Waals surface area contributed by atoms with E-state index in [9.17, 15) is 9.59 Å². The topological polar surface area (TPSA) is 70.2 Å². The Labute approximate surface area is 93.2 Å². The highest BCUT2D eigenvalue weighted by Gasteiger charge is 2.29. The molecule has 0 spiro atoms. The molecule has 0 radical (unpaired) electrons. The third kappa shape index (κ3) is 1.90. The molecule has 0 fully saturated rings. The van der Waals surface area contributed by atoms with Crippen molar-refractivity contribution >= 4 is 17.5 Å². The number of anilines is 1. The van der Waals surface area contributed by atoms with E-state index in [0.717, 1.165) is 11.3 Å². The number of fused-ring (bicyclic) bond motifs is 1. The first-order chi connectivity index (χ1) is 7.72. The second-order valence-corrected chi connectivity index (χ2v) is 3.56. The summed E-state index contributed by atoms with van der Waals surface area (Å²) in [5.74, 6) is -0.262. The molecule has 0 aliphatic carbocycles. The van der Waals surface area contributed by atoms with Crippen molar-refractivity contribution in [1.82, 2.24) is 10.6 Å². The molecule has 1 aromatic rings. The Balaban J connectivity index is 2.10. The van der Waals surface area contributed by atoms with Gasteiger partial charge in [0.1, 0.15) is 6.04 Å². The van der Waals surface area contributed by atoms with Crippen LogP contribution in [0.2, 0.25) is 0 Å². The van der Waals surface area contributed by atoms with Crippen LogP contribution in [0.1, 0.15) is 11.6 Å². The summed E-state index contributed by atoms with van der Waals surface area (Å²) in [5.41, 5.74) is 1.69. The fourth-order valence-electron chi connectivity index (χ4n) is 1.69. The lowest BCUT2D eigenvalue weighted by Gasteiger charge is -2.10. The summed E-state index contributed by atoms with van der Waals surface area (Å²) in [4.78, 5) is 22.7. The zero-order valence-corrected chi connectivity index (χ0v) is 8.91. The summed E-state index contributed by atoms with van der Waals surface area (Å²) in [6.45, 7) is 0.128. The summed E-state index contributed by atoms with van der Waals surface area (Å²) in [6, 6.07) is 7.01. The SMILES string of the molecule is CNC(=O)CNC1C(=O)Nc2ccccc21. The molecule has 1 heterocycles. The number of para-hydroxylation sites is 1. The van der Waals surface area contributed by atoms with Crippen molar-refractivity contribution in [1.29, 1.82) is 0 Å². The summed E-state index contributed by atoms with van der Waals surface area (Å²) < 4.78 is 0. The van der Waals surface area contributed by atoms with Gasteiger partial charge >= 0.3 is 0 Å². The third-order valence-corrected chi connectivity index (χ3v) is 2.54. The van der Waals surface area contributed by atoms with Gasteiger partial charge in [0.15, 0.2) is 0 Å². The molecule has 1 aliphatic rings. The first kappa shape index (κ1) is 10.6. The lowest BCUT2D eigenvalue weighted by atomic mass is 10.1. The Hall–Kier alpha value is -1.88. The minimum Gasteiger partial charge on any atom is -0.358 e. The normalized spacial score (nSPS) is 17.8. The molecule has 2 rings (SSSR count). The average molecular weight is 219 g/mol. The Bertz CT molecular complexity index is 431. The van der Waals surface area contributed by atoms with Crippen LogP contribution < -0.4 is 16.0 Å². The first-order valence-corrected chi connectivity index (χ1v) is 5.06. The Kier molecular flexibility index (Phi) is 2.87. The predicted octanol–water partition coefficient (Wildman–Crippen LogP) is 0.0154. The van der Waals surface area contributed by atoms with Gasteiger partial charge in [-0.15, -0.1) is 0 Å². The molecule has 0 aromatic heterocycles. The van der Waals surface area contributed by atoms with E-state index >= 15 is 0 Å². The van der Waals surface area contributed by atoms with E-state index in [4.69, 9.17) is 0 Å². The number of carbonyl (C=O) groups excluding carboxylic acids is 2. The van der Waals surface area contributed by atoms with Gasteiger partial charge in [0, 0.05) is 18.3 Å². The maximum Gasteiger partial charge on any atom is 0.246 e. The molecular weight excluding hydrogens is 206 g/mol. The zero-order chi connectivity index (χ0) is 11.5. The first-order valence-electron chi connectivity index (χ1n) is 5.06. The minimum absolute atomic E-state index is 0.120. The zero-order valence-electron chi connectivity index (χ0n) is 8.91. The monoisotopic (exact) mass is 219 g/mol. The van der Waals surface area contributed by atoms with Gasteiger partial charge in [-0.2, -0.15) is 0 Å². The van der Waals surface area contributed by atoms with Crippen molar-refractivity contribution in [2.75, 3.05) is 18.9 Å². The fourth-order valence-corrected chi connectivity index (χ4v) is 1.69. The average Bonchev–Trinajstić information content (AvgIpc) is 2.62. The molecule has 0 saturated carbocycles. The molecule has 16 heavy (non-hydrogen) atoms. The quantitative estimate of drug-likeness (QED) is 0.671. The summed E-state index contributed by atoms with van der Waals surface area (Å²) >= 11 is 0. The molecular formula is C11H13N3O2. The van der Waals surface area contributed by atoms with E-state index < -0.39 is 6.04 Å². The number of hydrogen-bond donors (Lipinski definition) is 3. The van der Waals surface area contributed by atoms with E-state index in [1.807, 2.05) is 24.3 Å². The molecule has 1 atom stereocenters. The van der Waals surface area contributed by atoms with Crippen LogP contribution in [-0.4, -0.2) is 25.4 Å². The highest BCUT2D eigenvalue weighted by Crippen LogP contribution is 2.29. The highest BCUT2D eigenvalue weighted by atomic mass is 16.2. The van der Waals surface area contributed by atoms with Crippen molar-refractivity contribution < 1.29 is 9.59 Å². The van der Waals surface area contributed by atoms with Gasteiger partial charge in [-0.3, -0.25) is 14.9 Å². The van der Waals surface area contributed by atoms with Crippen molar-refractivity contribution in [2.24, 2.45) is 0 Å². The van der Waals surface area contributed by atoms with Gasteiger partial charge in [0.25, 0.3) is 0 Å². The number of rotatable bonds is 3. The fraction of sp³-hybridized carbons (Fsp3) is 0.273. The van der Waals surface area contributed by atoms with E-state index in [2.05, 4.69) is 16.0 Å². The van der Waals surface area contributed by atoms with Gasteiger partial charge < -0.3 is 10.6 Å². The van der Waals surface area contributed by atoms with Crippen molar-refractivity contribution in [2.45, 2.75) is 6.04 Å². The second-order valence-electron chi connectivity index (χ2n) is 3.56. The van der Waals surface area contributed by atoms with Gasteiger partial charge in [-0.25, -0.2) is 0 Å². The molecule has 1 aromatic carbocycles. The van der Waals surface area contributed by atoms with Gasteiger partial charge in [-0.05, 0) is 6.07 Å². The predicted molar refractivity (Wildman–Crippen MR) is 59.9 cm³/mol. The van der Waals surface area contributed by atoms with Crippen molar-refractivity contribution in [3.63, 3.8) is 0 Å². The van der Waals surface area contributed by atoms with Crippen molar-refractivity contribution in [3.8, 4) is 0 Å². The van der Waals surface area contributed by atoms with Crippen LogP contribution in [0.25, 0.3) is 0 Å². The molecule has 2 amide bonds. The summed E-state index contributed by atoms with van der Waals surface area (Å²) in [7, 11) is 1.56. The molecule has 5 heteroatoms. The molecule has 0 saturated heterocycles. The second kappa shape index (κ2) is 4.32. The van der Waals surface area contributed by atoms with E-state index in [1.54, 1.807) is 7.05 Å². The maximum atomic E-state index is 11.6. The molecule has 5 nitrogen and oxygen atoms in total. The van der Waals surface area contributed by atoms with Crippen LogP contribution >= 0.6 is 0 Å². The van der Waals surface area contributed by atoms with Crippen LogP contribution in [-0.2, 0) is 9.59 Å². The van der Waals surface area contributed by atoms with Crippen LogP contribution in [0.4, 0.5) is 5.69 Å². The number of likely N-dealkylation sites (N-methyl/N-ethyl adjacent to an activating group) is 1. The molecule has 0 bridgehead atoms. The Morgan fingerprint density at radius 2 is 2.19 bits per heavy atom. The van der Waals surface area contributed by atoms with Crippen LogP contribution in [0, 0.1) is 0 Å². The number of benzene rings is 1. The molecule has 84 valence electrons. The highest BCUT2D eigenvalue weighted by molar-refractivity contribution is 6.02. The molecule has 1 unspecified atom stereocenters. The van der Waals surface area contributed by atoms with Crippen LogP contribution in [0.5, 0.6) is 0 Å². The standard InChI is InChI=1S/C11H13N3O2/c1-12-9(15)6-13-10-7-4-2-3-5-8(7)14-11(10)16/h2-5,10,13H,6H2,1H3,(H,12,15)(H,14,16). The third-order valence-electron chi connectivity index (χ3n) is 2.54. The molecule has 1 aliphatic heterocycles. The smallest absolute Gasteiger partial charge is 0.246 e. The Morgan fingerprint density at radius 3 is 2.94 bits per heavy atom. The summed E-state index contributed by atoms with van der Waals surface area (Å²) in [5, 5.41) is 8.16. The number of amides is 2. The molecule has 3 N–H and O–H groups in total. The van der Waals surface area contributed by atoms with E-state index in [0.29, 0.717) is 0 Å². The lowest BCUT2D eigenvalue weighted by Crippen LogP contribution is -2.36.